The van der Waals surface area contributed by atoms with Crippen molar-refractivity contribution in [1.29, 1.82) is 0 Å². The number of aliphatic hydroxyl groups excluding tert-OH is 1. The largest absolute Gasteiger partial charge is 0.396 e. The first-order valence-corrected chi connectivity index (χ1v) is 4.96. The van der Waals surface area contributed by atoms with E-state index in [9.17, 15) is 0 Å². The second-order valence-corrected chi connectivity index (χ2v) is 4.47. The maximum absolute atomic E-state index is 8.83. The summed E-state index contributed by atoms with van der Waals surface area (Å²) in [6.07, 6.45) is 2.67. The molecule has 0 unspecified atom stereocenters. The summed E-state index contributed by atoms with van der Waals surface area (Å²) in [6, 6.07) is 1.96. The van der Waals surface area contributed by atoms with Crippen molar-refractivity contribution in [2.24, 2.45) is 0 Å². The lowest BCUT2D eigenvalue weighted by Crippen LogP contribution is -2.28. The van der Waals surface area contributed by atoms with Gasteiger partial charge in [0.2, 0.25) is 0 Å². The first kappa shape index (κ1) is 9.98. The van der Waals surface area contributed by atoms with Gasteiger partial charge < -0.3 is 5.11 Å². The molecular weight excluding hydrogens is 267 g/mol. The van der Waals surface area contributed by atoms with Gasteiger partial charge in [-0.3, -0.25) is 4.68 Å². The van der Waals surface area contributed by atoms with Gasteiger partial charge in [0.1, 0.15) is 3.70 Å². The van der Waals surface area contributed by atoms with E-state index in [4.69, 9.17) is 5.11 Å². The molecule has 0 saturated carbocycles. The number of rotatable bonds is 3. The van der Waals surface area contributed by atoms with Gasteiger partial charge in [-0.2, -0.15) is 5.10 Å². The Morgan fingerprint density at radius 2 is 2.33 bits per heavy atom. The van der Waals surface area contributed by atoms with E-state index in [1.807, 2.05) is 16.9 Å². The highest BCUT2D eigenvalue weighted by atomic mass is 127. The van der Waals surface area contributed by atoms with Gasteiger partial charge in [-0.25, -0.2) is 0 Å². The van der Waals surface area contributed by atoms with Gasteiger partial charge in [0.25, 0.3) is 0 Å². The molecule has 1 aromatic heterocycles. The van der Waals surface area contributed by atoms with Crippen LogP contribution in [0, 0.1) is 3.70 Å². The summed E-state index contributed by atoms with van der Waals surface area (Å²) in [7, 11) is 0. The zero-order valence-electron chi connectivity index (χ0n) is 7.29. The molecule has 0 aliphatic carbocycles. The third-order valence-electron chi connectivity index (χ3n) is 1.90. The number of aliphatic hydroxyl groups is 1. The zero-order chi connectivity index (χ0) is 9.19. The summed E-state index contributed by atoms with van der Waals surface area (Å²) < 4.78 is 2.88. The van der Waals surface area contributed by atoms with E-state index < -0.39 is 0 Å². The van der Waals surface area contributed by atoms with Crippen molar-refractivity contribution in [3.8, 4) is 0 Å². The fourth-order valence-electron chi connectivity index (χ4n) is 1.03. The van der Waals surface area contributed by atoms with Gasteiger partial charge in [0.05, 0.1) is 5.54 Å². The molecule has 12 heavy (non-hydrogen) atoms. The minimum absolute atomic E-state index is 0.0851. The predicted octanol–water partition coefficient (Wildman–Crippen LogP) is 1.61. The van der Waals surface area contributed by atoms with Crippen LogP contribution in [0.15, 0.2) is 12.3 Å². The molecule has 0 atom stereocenters. The molecule has 0 bridgehead atoms. The molecule has 3 nitrogen and oxygen atoms in total. The first-order valence-electron chi connectivity index (χ1n) is 3.89. The Balaban J connectivity index is 2.81. The topological polar surface area (TPSA) is 38.0 Å². The van der Waals surface area contributed by atoms with Crippen LogP contribution in [0.5, 0.6) is 0 Å². The zero-order valence-corrected chi connectivity index (χ0v) is 9.45. The summed E-state index contributed by atoms with van der Waals surface area (Å²) in [5.74, 6) is 0. The molecular formula is C8H13IN2O. The number of hydrogen-bond acceptors (Lipinski definition) is 2. The van der Waals surface area contributed by atoms with Crippen LogP contribution in [0.1, 0.15) is 20.3 Å². The smallest absolute Gasteiger partial charge is 0.123 e. The number of hydrogen-bond donors (Lipinski definition) is 1. The monoisotopic (exact) mass is 280 g/mol. The minimum Gasteiger partial charge on any atom is -0.396 e. The normalized spacial score (nSPS) is 12.0. The molecule has 1 rings (SSSR count). The fraction of sp³-hybridized carbons (Fsp3) is 0.625. The lowest BCUT2D eigenvalue weighted by atomic mass is 10.0. The SMILES string of the molecule is CC(C)(CCO)n1ccc(I)n1. The van der Waals surface area contributed by atoms with Crippen molar-refractivity contribution in [3.63, 3.8) is 0 Å². The van der Waals surface area contributed by atoms with Crippen molar-refractivity contribution in [2.45, 2.75) is 25.8 Å². The molecule has 1 aromatic rings. The Morgan fingerprint density at radius 3 is 2.75 bits per heavy atom. The minimum atomic E-state index is -0.0851. The highest BCUT2D eigenvalue weighted by molar-refractivity contribution is 14.1. The van der Waals surface area contributed by atoms with Crippen LogP contribution in [-0.2, 0) is 5.54 Å². The van der Waals surface area contributed by atoms with E-state index in [0.29, 0.717) is 0 Å². The maximum atomic E-state index is 8.83. The third kappa shape index (κ3) is 2.20. The lowest BCUT2D eigenvalue weighted by Gasteiger charge is -2.24. The Labute approximate surface area is 85.9 Å². The first-order chi connectivity index (χ1) is 5.56. The van der Waals surface area contributed by atoms with Gasteiger partial charge in [0, 0.05) is 12.8 Å². The van der Waals surface area contributed by atoms with E-state index in [2.05, 4.69) is 41.5 Å². The molecule has 0 aromatic carbocycles. The van der Waals surface area contributed by atoms with Crippen LogP contribution in [0.3, 0.4) is 0 Å². The van der Waals surface area contributed by atoms with Crippen molar-refractivity contribution in [2.75, 3.05) is 6.61 Å². The van der Waals surface area contributed by atoms with Crippen molar-refractivity contribution in [1.82, 2.24) is 9.78 Å². The average Bonchev–Trinajstić information content (AvgIpc) is 2.36. The van der Waals surface area contributed by atoms with Gasteiger partial charge in [-0.1, -0.05) is 0 Å². The lowest BCUT2D eigenvalue weighted by molar-refractivity contribution is 0.201. The summed E-state index contributed by atoms with van der Waals surface area (Å²) in [5, 5.41) is 13.1. The van der Waals surface area contributed by atoms with E-state index in [-0.39, 0.29) is 12.1 Å². The molecule has 68 valence electrons. The van der Waals surface area contributed by atoms with E-state index in [0.717, 1.165) is 10.1 Å². The molecule has 1 heterocycles. The molecule has 0 spiro atoms. The molecule has 0 aliphatic rings. The molecule has 4 heteroatoms. The van der Waals surface area contributed by atoms with Crippen LogP contribution in [-0.4, -0.2) is 21.5 Å². The predicted molar refractivity (Wildman–Crippen MR) is 56.0 cm³/mol. The summed E-state index contributed by atoms with van der Waals surface area (Å²) in [5.41, 5.74) is -0.0851. The van der Waals surface area contributed by atoms with Crippen molar-refractivity contribution >= 4 is 22.6 Å². The van der Waals surface area contributed by atoms with Crippen molar-refractivity contribution in [3.05, 3.63) is 16.0 Å². The highest BCUT2D eigenvalue weighted by Crippen LogP contribution is 2.18. The quantitative estimate of drug-likeness (QED) is 0.854. The molecule has 0 amide bonds. The van der Waals surface area contributed by atoms with E-state index in [1.54, 1.807) is 0 Å². The van der Waals surface area contributed by atoms with Crippen LogP contribution < -0.4 is 0 Å². The second kappa shape index (κ2) is 3.74. The van der Waals surface area contributed by atoms with E-state index >= 15 is 0 Å². The summed E-state index contributed by atoms with van der Waals surface area (Å²) >= 11 is 2.17. The molecule has 0 saturated heterocycles. The highest BCUT2D eigenvalue weighted by Gasteiger charge is 2.19. The Bertz CT molecular complexity index is 257. The standard InChI is InChI=1S/C8H13IN2O/c1-8(2,4-6-12)11-5-3-7(9)10-11/h3,5,12H,4,6H2,1-2H3. The second-order valence-electron chi connectivity index (χ2n) is 3.37. The van der Waals surface area contributed by atoms with Crippen LogP contribution in [0.2, 0.25) is 0 Å². The summed E-state index contributed by atoms with van der Waals surface area (Å²) in [6.45, 7) is 4.32. The molecule has 1 N–H and O–H groups in total. The van der Waals surface area contributed by atoms with Crippen molar-refractivity contribution < 1.29 is 5.11 Å². The van der Waals surface area contributed by atoms with Gasteiger partial charge in [0.15, 0.2) is 0 Å². The summed E-state index contributed by atoms with van der Waals surface area (Å²) in [4.78, 5) is 0. The van der Waals surface area contributed by atoms with Gasteiger partial charge >= 0.3 is 0 Å². The van der Waals surface area contributed by atoms with Crippen LogP contribution >= 0.6 is 22.6 Å². The maximum Gasteiger partial charge on any atom is 0.123 e. The number of aromatic nitrogens is 2. The Hall–Kier alpha value is -0.100. The fourth-order valence-corrected chi connectivity index (χ4v) is 1.42. The Kier molecular flexibility index (Phi) is 3.11. The Morgan fingerprint density at radius 1 is 1.67 bits per heavy atom. The average molecular weight is 280 g/mol. The van der Waals surface area contributed by atoms with Gasteiger partial charge in [-0.15, -0.1) is 0 Å². The molecule has 0 radical (unpaired) electrons. The number of nitrogens with zero attached hydrogens (tertiary/aromatic N) is 2. The molecule has 0 aliphatic heterocycles. The number of halogens is 1. The van der Waals surface area contributed by atoms with Crippen LogP contribution in [0.25, 0.3) is 0 Å². The van der Waals surface area contributed by atoms with Crippen LogP contribution in [0.4, 0.5) is 0 Å². The molecule has 0 fully saturated rings. The van der Waals surface area contributed by atoms with E-state index in [1.165, 1.54) is 0 Å². The third-order valence-corrected chi connectivity index (χ3v) is 2.48. The van der Waals surface area contributed by atoms with Gasteiger partial charge in [-0.05, 0) is 48.9 Å².